The first-order valence-corrected chi connectivity index (χ1v) is 16.7. The minimum absolute atomic E-state index is 0.00119. The highest BCUT2D eigenvalue weighted by atomic mass is 32.2. The van der Waals surface area contributed by atoms with Crippen molar-refractivity contribution in [3.05, 3.63) is 64.2 Å². The van der Waals surface area contributed by atoms with Gasteiger partial charge in [-0.25, -0.2) is 8.42 Å². The van der Waals surface area contributed by atoms with E-state index < -0.39 is 43.2 Å². The fourth-order valence-corrected chi connectivity index (χ4v) is 9.52. The molecule has 2 aromatic carbocycles. The van der Waals surface area contributed by atoms with Gasteiger partial charge in [-0.1, -0.05) is 50.2 Å². The van der Waals surface area contributed by atoms with Gasteiger partial charge in [0.25, 0.3) is 6.54 Å². The summed E-state index contributed by atoms with van der Waals surface area (Å²) in [6.45, 7) is 3.56. The van der Waals surface area contributed by atoms with Gasteiger partial charge in [0.2, 0.25) is 0 Å². The number of fused-ring (bicyclic) bond motifs is 2. The summed E-state index contributed by atoms with van der Waals surface area (Å²) in [6, 6.07) is 14.8. The lowest BCUT2D eigenvalue weighted by Crippen LogP contribution is -2.43. The van der Waals surface area contributed by atoms with Crippen LogP contribution < -0.4 is 5.32 Å². The lowest BCUT2D eigenvalue weighted by atomic mass is 9.70. The molecule has 5 rings (SSSR count). The zero-order valence-electron chi connectivity index (χ0n) is 24.6. The van der Waals surface area contributed by atoms with Crippen molar-refractivity contribution >= 4 is 33.1 Å². The molecule has 10 nitrogen and oxygen atoms in total. The molecule has 43 heavy (non-hydrogen) atoms. The van der Waals surface area contributed by atoms with Gasteiger partial charge in [0.05, 0.1) is 23.5 Å². The van der Waals surface area contributed by atoms with Crippen molar-refractivity contribution in [1.82, 2.24) is 0 Å². The van der Waals surface area contributed by atoms with Gasteiger partial charge in [0.1, 0.15) is 5.78 Å². The molecule has 1 unspecified atom stereocenters. The molecule has 0 saturated heterocycles. The standard InChI is InChI=1S/C32H39N3O7S/c1-31(2)25-13-14-32(31,28(36)17-25)20-43(41,42)19-24(30(37)38)15-21-9-11-22(12-10-21)23-5-3-8-27(16-23)34-29(18-35(39)40)33-26-6-4-7-26/h3,5,8-12,16,24-26H,4,6-7,13-15,17-20H2,1-2H3,(H,33,34)(H,37,38)/t24-,25+,32?/m1/s1. The SMILES string of the molecule is CC1(C)[C@H]2CCC1(CS(=O)(=O)C[C@@H](Cc1ccc(-c3cccc(NC(C[N+](=O)[O-])=NC4CCC4)c3)cc1)C(=O)O)C(=O)C2. The number of carbonyl (C=O) groups is 2. The summed E-state index contributed by atoms with van der Waals surface area (Å²) in [4.78, 5) is 40.3. The highest BCUT2D eigenvalue weighted by Crippen LogP contribution is 2.64. The second-order valence-electron chi connectivity index (χ2n) is 13.0. The number of carboxylic acids is 1. The molecule has 3 saturated carbocycles. The minimum atomic E-state index is -3.82. The van der Waals surface area contributed by atoms with Gasteiger partial charge in [0.15, 0.2) is 15.7 Å². The zero-order valence-corrected chi connectivity index (χ0v) is 25.4. The Balaban J connectivity index is 1.26. The Bertz CT molecular complexity index is 1550. The number of nitrogens with zero attached hydrogens (tertiary/aromatic N) is 2. The Kier molecular flexibility index (Phi) is 8.48. The number of benzene rings is 2. The second-order valence-corrected chi connectivity index (χ2v) is 15.1. The van der Waals surface area contributed by atoms with Crippen LogP contribution in [0.2, 0.25) is 0 Å². The van der Waals surface area contributed by atoms with E-state index in [0.29, 0.717) is 29.9 Å². The number of aliphatic imine (C=N–C) groups is 1. The van der Waals surface area contributed by atoms with Gasteiger partial charge in [-0.05, 0) is 78.7 Å². The minimum Gasteiger partial charge on any atom is -0.481 e. The normalized spacial score (nSPS) is 24.0. The summed E-state index contributed by atoms with van der Waals surface area (Å²) in [5.41, 5.74) is 1.76. The van der Waals surface area contributed by atoms with E-state index in [9.17, 15) is 33.2 Å². The molecule has 0 heterocycles. The van der Waals surface area contributed by atoms with Crippen molar-refractivity contribution < 1.29 is 28.0 Å². The quantitative estimate of drug-likeness (QED) is 0.147. The van der Waals surface area contributed by atoms with Crippen molar-refractivity contribution in [3.63, 3.8) is 0 Å². The van der Waals surface area contributed by atoms with Gasteiger partial charge >= 0.3 is 5.97 Å². The van der Waals surface area contributed by atoms with Crippen molar-refractivity contribution in [2.24, 2.45) is 27.7 Å². The van der Waals surface area contributed by atoms with Crippen LogP contribution in [0.4, 0.5) is 5.69 Å². The third kappa shape index (κ3) is 6.51. The Morgan fingerprint density at radius 1 is 1.14 bits per heavy atom. The highest BCUT2D eigenvalue weighted by Gasteiger charge is 2.65. The summed E-state index contributed by atoms with van der Waals surface area (Å²) >= 11 is 0. The van der Waals surface area contributed by atoms with Crippen LogP contribution in [0.3, 0.4) is 0 Å². The molecular weight excluding hydrogens is 570 g/mol. The van der Waals surface area contributed by atoms with E-state index in [-0.39, 0.29) is 36.5 Å². The predicted molar refractivity (Wildman–Crippen MR) is 164 cm³/mol. The average molecular weight is 610 g/mol. The molecule has 3 aliphatic carbocycles. The Morgan fingerprint density at radius 2 is 1.86 bits per heavy atom. The zero-order chi connectivity index (χ0) is 31.0. The maximum atomic E-state index is 13.3. The molecule has 0 aromatic heterocycles. The third-order valence-electron chi connectivity index (χ3n) is 10.0. The first kappa shape index (κ1) is 30.8. The predicted octanol–water partition coefficient (Wildman–Crippen LogP) is 5.05. The number of rotatable bonds is 12. The van der Waals surface area contributed by atoms with Crippen LogP contribution >= 0.6 is 0 Å². The number of nitrogens with one attached hydrogen (secondary N) is 1. The Hall–Kier alpha value is -3.60. The van der Waals surface area contributed by atoms with Crippen molar-refractivity contribution in [2.75, 3.05) is 23.4 Å². The Morgan fingerprint density at radius 3 is 2.42 bits per heavy atom. The van der Waals surface area contributed by atoms with Crippen LogP contribution in [-0.2, 0) is 25.8 Å². The van der Waals surface area contributed by atoms with Gasteiger partial charge in [-0.3, -0.25) is 24.7 Å². The topological polar surface area (TPSA) is 156 Å². The number of aliphatic carboxylic acids is 1. The summed E-state index contributed by atoms with van der Waals surface area (Å²) in [5, 5.41) is 24.2. The maximum Gasteiger partial charge on any atom is 0.307 e. The molecule has 0 radical (unpaired) electrons. The largest absolute Gasteiger partial charge is 0.481 e. The van der Waals surface area contributed by atoms with E-state index in [1.807, 2.05) is 50.2 Å². The molecule has 0 amide bonds. The molecule has 11 heteroatoms. The number of sulfone groups is 1. The monoisotopic (exact) mass is 609 g/mol. The summed E-state index contributed by atoms with van der Waals surface area (Å²) < 4.78 is 26.7. The van der Waals surface area contributed by atoms with E-state index in [1.165, 1.54) is 0 Å². The molecule has 2 bridgehead atoms. The Labute approximate surface area is 252 Å². The fraction of sp³-hybridized carbons (Fsp3) is 0.531. The number of carbonyl (C=O) groups excluding carboxylic acids is 1. The van der Waals surface area contributed by atoms with Crippen LogP contribution in [-0.4, -0.2) is 60.1 Å². The molecule has 3 atom stereocenters. The van der Waals surface area contributed by atoms with Crippen LogP contribution in [0.1, 0.15) is 57.9 Å². The maximum absolute atomic E-state index is 13.3. The molecule has 3 aliphatic rings. The van der Waals surface area contributed by atoms with Crippen molar-refractivity contribution in [1.29, 1.82) is 0 Å². The van der Waals surface area contributed by atoms with Crippen molar-refractivity contribution in [3.8, 4) is 11.1 Å². The molecular formula is C32H39N3O7S. The lowest BCUT2D eigenvalue weighted by Gasteiger charge is -2.36. The van der Waals surface area contributed by atoms with E-state index in [1.54, 1.807) is 12.1 Å². The van der Waals surface area contributed by atoms with E-state index in [2.05, 4.69) is 10.3 Å². The number of amidine groups is 1. The molecule has 2 N–H and O–H groups in total. The number of anilines is 1. The first-order valence-electron chi connectivity index (χ1n) is 14.9. The lowest BCUT2D eigenvalue weighted by molar-refractivity contribution is -0.463. The van der Waals surface area contributed by atoms with Gasteiger partial charge in [0, 0.05) is 22.4 Å². The second kappa shape index (κ2) is 11.8. The highest BCUT2D eigenvalue weighted by molar-refractivity contribution is 7.91. The number of carboxylic acid groups (broad SMARTS) is 1. The van der Waals surface area contributed by atoms with E-state index >= 15 is 0 Å². The molecule has 0 aliphatic heterocycles. The van der Waals surface area contributed by atoms with Gasteiger partial charge in [-0.15, -0.1) is 0 Å². The average Bonchev–Trinajstić information content (AvgIpc) is 3.24. The molecule has 0 spiro atoms. The van der Waals surface area contributed by atoms with Crippen LogP contribution in [0.25, 0.3) is 11.1 Å². The van der Waals surface area contributed by atoms with Crippen LogP contribution in [0.15, 0.2) is 53.5 Å². The smallest absolute Gasteiger partial charge is 0.307 e. The number of ketones is 1. The summed E-state index contributed by atoms with van der Waals surface area (Å²) in [6.07, 6.45) is 4.77. The molecule has 2 aromatic rings. The number of hydrogen-bond acceptors (Lipinski definition) is 7. The number of hydrogen-bond donors (Lipinski definition) is 2. The van der Waals surface area contributed by atoms with Crippen molar-refractivity contribution in [2.45, 2.75) is 64.8 Å². The number of nitro groups is 1. The molecule has 3 fully saturated rings. The number of Topliss-reactive ketones (excluding diaryl/α,β-unsaturated/α-hetero) is 1. The molecule has 230 valence electrons. The van der Waals surface area contributed by atoms with Crippen LogP contribution in [0, 0.1) is 32.8 Å². The first-order chi connectivity index (χ1) is 20.3. The summed E-state index contributed by atoms with van der Waals surface area (Å²) in [7, 11) is -3.82. The summed E-state index contributed by atoms with van der Waals surface area (Å²) in [5.74, 6) is -2.61. The van der Waals surface area contributed by atoms with Gasteiger partial charge in [-0.2, -0.15) is 0 Å². The van der Waals surface area contributed by atoms with E-state index in [0.717, 1.165) is 36.8 Å². The van der Waals surface area contributed by atoms with E-state index in [4.69, 9.17) is 0 Å². The fourth-order valence-electron chi connectivity index (χ4n) is 7.10. The third-order valence-corrected chi connectivity index (χ3v) is 11.9. The van der Waals surface area contributed by atoms with Crippen LogP contribution in [0.5, 0.6) is 0 Å². The van der Waals surface area contributed by atoms with Gasteiger partial charge < -0.3 is 10.4 Å².